The molecule has 1 atom stereocenters. The van der Waals surface area contributed by atoms with Crippen molar-refractivity contribution in [1.29, 1.82) is 0 Å². The lowest BCUT2D eigenvalue weighted by atomic mass is 10.1. The Labute approximate surface area is 101 Å². The molecule has 1 aromatic carbocycles. The van der Waals surface area contributed by atoms with E-state index in [9.17, 15) is 18.4 Å². The average molecular weight is 256 g/mol. The molecule has 0 bridgehead atoms. The van der Waals surface area contributed by atoms with Crippen molar-refractivity contribution in [3.63, 3.8) is 0 Å². The SMILES string of the molecule is CCOC(=O)C1Nc2cc(F)c(F)cc2NC1=O. The molecule has 7 heteroatoms. The van der Waals surface area contributed by atoms with E-state index in [2.05, 4.69) is 10.6 Å². The first kappa shape index (κ1) is 12.3. The second kappa shape index (κ2) is 4.59. The number of nitrogens with one attached hydrogen (secondary N) is 2. The van der Waals surface area contributed by atoms with Gasteiger partial charge in [0.15, 0.2) is 11.6 Å². The van der Waals surface area contributed by atoms with Crippen LogP contribution in [0.25, 0.3) is 0 Å². The number of hydrogen-bond acceptors (Lipinski definition) is 4. The fraction of sp³-hybridized carbons (Fsp3) is 0.273. The van der Waals surface area contributed by atoms with Crippen molar-refractivity contribution < 1.29 is 23.1 Å². The summed E-state index contributed by atoms with van der Waals surface area (Å²) in [7, 11) is 0. The number of amides is 1. The molecule has 1 unspecified atom stereocenters. The maximum atomic E-state index is 13.0. The maximum absolute atomic E-state index is 13.0. The molecule has 0 aliphatic carbocycles. The number of rotatable bonds is 2. The van der Waals surface area contributed by atoms with Crippen molar-refractivity contribution in [3.05, 3.63) is 23.8 Å². The van der Waals surface area contributed by atoms with E-state index < -0.39 is 29.6 Å². The van der Waals surface area contributed by atoms with Crippen molar-refractivity contribution in [2.75, 3.05) is 17.2 Å². The van der Waals surface area contributed by atoms with Crippen LogP contribution >= 0.6 is 0 Å². The predicted octanol–water partition coefficient (Wildman–Crippen LogP) is 1.26. The van der Waals surface area contributed by atoms with Gasteiger partial charge < -0.3 is 15.4 Å². The van der Waals surface area contributed by atoms with Crippen molar-refractivity contribution in [2.45, 2.75) is 13.0 Å². The molecule has 18 heavy (non-hydrogen) atoms. The number of ether oxygens (including phenoxy) is 1. The molecule has 0 saturated heterocycles. The first-order valence-electron chi connectivity index (χ1n) is 5.26. The number of carbonyl (C=O) groups excluding carboxylic acids is 2. The van der Waals surface area contributed by atoms with Crippen molar-refractivity contribution in [1.82, 2.24) is 0 Å². The Kier molecular flexibility index (Phi) is 3.14. The molecule has 96 valence electrons. The van der Waals surface area contributed by atoms with Gasteiger partial charge in [0.1, 0.15) is 0 Å². The minimum absolute atomic E-state index is 0.0828. The van der Waals surface area contributed by atoms with Crippen LogP contribution in [0.15, 0.2) is 12.1 Å². The summed E-state index contributed by atoms with van der Waals surface area (Å²) in [6, 6.07) is 0.454. The molecule has 1 amide bonds. The number of anilines is 2. The fourth-order valence-corrected chi connectivity index (χ4v) is 1.59. The summed E-state index contributed by atoms with van der Waals surface area (Å²) in [5, 5.41) is 4.81. The number of benzene rings is 1. The van der Waals surface area contributed by atoms with Gasteiger partial charge in [-0.1, -0.05) is 0 Å². The Morgan fingerprint density at radius 1 is 1.33 bits per heavy atom. The van der Waals surface area contributed by atoms with Crippen LogP contribution in [0.3, 0.4) is 0 Å². The summed E-state index contributed by atoms with van der Waals surface area (Å²) in [6.45, 7) is 1.72. The van der Waals surface area contributed by atoms with Crippen molar-refractivity contribution >= 4 is 23.3 Å². The summed E-state index contributed by atoms with van der Waals surface area (Å²) < 4.78 is 30.7. The monoisotopic (exact) mass is 256 g/mol. The average Bonchev–Trinajstić information content (AvgIpc) is 2.31. The summed E-state index contributed by atoms with van der Waals surface area (Å²) in [4.78, 5) is 23.0. The highest BCUT2D eigenvalue weighted by atomic mass is 19.2. The molecule has 0 fully saturated rings. The summed E-state index contributed by atoms with van der Waals surface area (Å²) in [6.07, 6.45) is 0. The van der Waals surface area contributed by atoms with E-state index in [-0.39, 0.29) is 18.0 Å². The van der Waals surface area contributed by atoms with Gasteiger partial charge in [-0.05, 0) is 6.92 Å². The number of esters is 1. The zero-order valence-corrected chi connectivity index (χ0v) is 9.42. The lowest BCUT2D eigenvalue weighted by Gasteiger charge is -2.25. The molecule has 1 aromatic rings. The Bertz CT molecular complexity index is 519. The molecule has 0 radical (unpaired) electrons. The van der Waals surface area contributed by atoms with Gasteiger partial charge >= 0.3 is 5.97 Å². The van der Waals surface area contributed by atoms with Crippen LogP contribution in [-0.2, 0) is 14.3 Å². The second-order valence-corrected chi connectivity index (χ2v) is 3.63. The van der Waals surface area contributed by atoms with Crippen LogP contribution in [0.5, 0.6) is 0 Å². The smallest absolute Gasteiger partial charge is 0.338 e. The topological polar surface area (TPSA) is 67.4 Å². The predicted molar refractivity (Wildman–Crippen MR) is 59.0 cm³/mol. The zero-order valence-electron chi connectivity index (χ0n) is 9.42. The highest BCUT2D eigenvalue weighted by molar-refractivity contribution is 6.14. The van der Waals surface area contributed by atoms with Crippen LogP contribution in [-0.4, -0.2) is 24.5 Å². The zero-order chi connectivity index (χ0) is 13.3. The first-order valence-corrected chi connectivity index (χ1v) is 5.26. The van der Waals surface area contributed by atoms with Gasteiger partial charge in [0.05, 0.1) is 18.0 Å². The van der Waals surface area contributed by atoms with Crippen LogP contribution in [0.2, 0.25) is 0 Å². The highest BCUT2D eigenvalue weighted by Gasteiger charge is 2.33. The van der Waals surface area contributed by atoms with E-state index in [1.54, 1.807) is 6.92 Å². The number of fused-ring (bicyclic) bond motifs is 1. The molecule has 0 aromatic heterocycles. The molecular formula is C11H10F2N2O3. The van der Waals surface area contributed by atoms with Gasteiger partial charge in [0.25, 0.3) is 5.91 Å². The molecule has 1 aliphatic rings. The minimum Gasteiger partial charge on any atom is -0.464 e. The van der Waals surface area contributed by atoms with Gasteiger partial charge in [-0.15, -0.1) is 0 Å². The molecule has 5 nitrogen and oxygen atoms in total. The molecule has 2 rings (SSSR count). The van der Waals surface area contributed by atoms with Gasteiger partial charge in [0.2, 0.25) is 6.04 Å². The lowest BCUT2D eigenvalue weighted by molar-refractivity contribution is -0.146. The van der Waals surface area contributed by atoms with Crippen LogP contribution in [0.1, 0.15) is 6.92 Å². The molecule has 1 aliphatic heterocycles. The van der Waals surface area contributed by atoms with Crippen molar-refractivity contribution in [3.8, 4) is 0 Å². The van der Waals surface area contributed by atoms with E-state index in [4.69, 9.17) is 4.74 Å². The Morgan fingerprint density at radius 2 is 1.94 bits per heavy atom. The van der Waals surface area contributed by atoms with E-state index in [0.29, 0.717) is 0 Å². The molecule has 0 saturated carbocycles. The summed E-state index contributed by atoms with van der Waals surface area (Å²) >= 11 is 0. The van der Waals surface area contributed by atoms with Gasteiger partial charge in [-0.25, -0.2) is 13.6 Å². The van der Waals surface area contributed by atoms with E-state index in [1.165, 1.54) is 0 Å². The number of carbonyl (C=O) groups is 2. The number of halogens is 2. The second-order valence-electron chi connectivity index (χ2n) is 3.63. The van der Waals surface area contributed by atoms with Gasteiger partial charge in [-0.3, -0.25) is 4.79 Å². The van der Waals surface area contributed by atoms with Crippen LogP contribution in [0, 0.1) is 11.6 Å². The van der Waals surface area contributed by atoms with E-state index in [1.807, 2.05) is 0 Å². The highest BCUT2D eigenvalue weighted by Crippen LogP contribution is 2.29. The third-order valence-electron chi connectivity index (χ3n) is 2.40. The number of hydrogen-bond donors (Lipinski definition) is 2. The molecule has 0 spiro atoms. The lowest BCUT2D eigenvalue weighted by Crippen LogP contribution is -2.45. The molecular weight excluding hydrogens is 246 g/mol. The molecule has 2 N–H and O–H groups in total. The standard InChI is InChI=1S/C11H10F2N2O3/c1-2-18-11(17)9-10(16)15-8-4-6(13)5(12)3-7(8)14-9/h3-4,9,14H,2H2,1H3,(H,15,16). The van der Waals surface area contributed by atoms with Crippen molar-refractivity contribution in [2.24, 2.45) is 0 Å². The van der Waals surface area contributed by atoms with Crippen LogP contribution in [0.4, 0.5) is 20.2 Å². The van der Waals surface area contributed by atoms with E-state index >= 15 is 0 Å². The van der Waals surface area contributed by atoms with Gasteiger partial charge in [0, 0.05) is 12.1 Å². The molecule has 1 heterocycles. The first-order chi connectivity index (χ1) is 8.52. The minimum atomic E-state index is -1.26. The Balaban J connectivity index is 2.30. The Hall–Kier alpha value is -2.18. The largest absolute Gasteiger partial charge is 0.464 e. The Morgan fingerprint density at radius 3 is 2.56 bits per heavy atom. The summed E-state index contributed by atoms with van der Waals surface area (Å²) in [5.41, 5.74) is 0.214. The normalized spacial score (nSPS) is 17.5. The van der Waals surface area contributed by atoms with Gasteiger partial charge in [-0.2, -0.15) is 0 Å². The quantitative estimate of drug-likeness (QED) is 0.617. The third kappa shape index (κ3) is 2.11. The summed E-state index contributed by atoms with van der Waals surface area (Å²) in [5.74, 6) is -3.59. The third-order valence-corrected chi connectivity index (χ3v) is 2.40. The van der Waals surface area contributed by atoms with Crippen LogP contribution < -0.4 is 10.6 Å². The maximum Gasteiger partial charge on any atom is 0.338 e. The fourth-order valence-electron chi connectivity index (χ4n) is 1.59. The van der Waals surface area contributed by atoms with E-state index in [0.717, 1.165) is 12.1 Å².